The van der Waals surface area contributed by atoms with Gasteiger partial charge in [0.15, 0.2) is 0 Å². The molecule has 1 fully saturated rings. The largest absolute Gasteiger partial charge is 0.492 e. The van der Waals surface area contributed by atoms with Gasteiger partial charge in [-0.05, 0) is 37.8 Å². The molecule has 0 aliphatic heterocycles. The lowest BCUT2D eigenvalue weighted by molar-refractivity contribution is -0.384. The first kappa shape index (κ1) is 12.8. The number of hydrogen-bond donors (Lipinski definition) is 1. The van der Waals surface area contributed by atoms with Gasteiger partial charge in [-0.2, -0.15) is 0 Å². The minimum absolute atomic E-state index is 0.0860. The van der Waals surface area contributed by atoms with E-state index >= 15 is 0 Å². The van der Waals surface area contributed by atoms with E-state index in [9.17, 15) is 10.1 Å². The number of rotatable bonds is 7. The summed E-state index contributed by atoms with van der Waals surface area (Å²) in [5, 5.41) is 13.9. The first-order chi connectivity index (χ1) is 8.66. The molecule has 1 atom stereocenters. The zero-order chi connectivity index (χ0) is 13.0. The summed E-state index contributed by atoms with van der Waals surface area (Å²) in [4.78, 5) is 10.1. The summed E-state index contributed by atoms with van der Waals surface area (Å²) >= 11 is 0. The number of nitrogens with zero attached hydrogens (tertiary/aromatic N) is 1. The molecular formula is C13H18N2O3. The molecule has 0 radical (unpaired) electrons. The third kappa shape index (κ3) is 3.70. The molecule has 0 bridgehead atoms. The smallest absolute Gasteiger partial charge is 0.269 e. The summed E-state index contributed by atoms with van der Waals surface area (Å²) in [6.07, 6.45) is 2.66. The Bertz CT molecular complexity index is 401. The standard InChI is InChI=1S/C13H18N2O3/c1-10(11-2-3-11)14-8-9-18-13-6-4-12(5-7-13)15(16)17/h4-7,10-11,14H,2-3,8-9H2,1H3. The second kappa shape index (κ2) is 5.82. The molecule has 0 heterocycles. The Kier molecular flexibility index (Phi) is 4.15. The highest BCUT2D eigenvalue weighted by Gasteiger charge is 2.27. The van der Waals surface area contributed by atoms with E-state index in [0.29, 0.717) is 18.4 Å². The molecular weight excluding hydrogens is 232 g/mol. The highest BCUT2D eigenvalue weighted by molar-refractivity contribution is 5.35. The third-order valence-electron chi connectivity index (χ3n) is 3.21. The molecule has 1 unspecified atom stereocenters. The fraction of sp³-hybridized carbons (Fsp3) is 0.538. The summed E-state index contributed by atoms with van der Waals surface area (Å²) in [6, 6.07) is 6.72. The maximum Gasteiger partial charge on any atom is 0.269 e. The quantitative estimate of drug-likeness (QED) is 0.458. The molecule has 1 aromatic rings. The monoisotopic (exact) mass is 250 g/mol. The van der Waals surface area contributed by atoms with Crippen LogP contribution in [0.4, 0.5) is 5.69 Å². The van der Waals surface area contributed by atoms with Crippen LogP contribution >= 0.6 is 0 Å². The van der Waals surface area contributed by atoms with Gasteiger partial charge in [0.1, 0.15) is 12.4 Å². The summed E-state index contributed by atoms with van der Waals surface area (Å²) < 4.78 is 5.51. The van der Waals surface area contributed by atoms with Crippen LogP contribution in [0.2, 0.25) is 0 Å². The van der Waals surface area contributed by atoms with Crippen molar-refractivity contribution < 1.29 is 9.66 Å². The Morgan fingerprint density at radius 2 is 2.11 bits per heavy atom. The number of nitro groups is 1. The van der Waals surface area contributed by atoms with Crippen LogP contribution in [0.1, 0.15) is 19.8 Å². The topological polar surface area (TPSA) is 64.4 Å². The predicted molar refractivity (Wildman–Crippen MR) is 68.8 cm³/mol. The molecule has 2 rings (SSSR count). The van der Waals surface area contributed by atoms with E-state index in [-0.39, 0.29) is 5.69 Å². The van der Waals surface area contributed by atoms with Gasteiger partial charge < -0.3 is 10.1 Å². The average Bonchev–Trinajstić information content (AvgIpc) is 3.19. The zero-order valence-corrected chi connectivity index (χ0v) is 10.5. The van der Waals surface area contributed by atoms with E-state index in [1.54, 1.807) is 12.1 Å². The zero-order valence-electron chi connectivity index (χ0n) is 10.5. The Morgan fingerprint density at radius 1 is 1.44 bits per heavy atom. The van der Waals surface area contributed by atoms with Gasteiger partial charge >= 0.3 is 0 Å². The van der Waals surface area contributed by atoms with Crippen molar-refractivity contribution in [2.45, 2.75) is 25.8 Å². The van der Waals surface area contributed by atoms with Crippen LogP contribution in [0.25, 0.3) is 0 Å². The first-order valence-corrected chi connectivity index (χ1v) is 6.27. The lowest BCUT2D eigenvalue weighted by Crippen LogP contribution is -2.31. The summed E-state index contributed by atoms with van der Waals surface area (Å²) in [5.74, 6) is 1.51. The van der Waals surface area contributed by atoms with Gasteiger partial charge in [0, 0.05) is 24.7 Å². The molecule has 1 aliphatic carbocycles. The maximum absolute atomic E-state index is 10.5. The van der Waals surface area contributed by atoms with Crippen molar-refractivity contribution in [1.82, 2.24) is 5.32 Å². The van der Waals surface area contributed by atoms with Crippen molar-refractivity contribution in [3.63, 3.8) is 0 Å². The highest BCUT2D eigenvalue weighted by Crippen LogP contribution is 2.32. The maximum atomic E-state index is 10.5. The van der Waals surface area contributed by atoms with Gasteiger partial charge in [-0.25, -0.2) is 0 Å². The molecule has 0 saturated heterocycles. The lowest BCUT2D eigenvalue weighted by Gasteiger charge is -2.13. The molecule has 1 saturated carbocycles. The van der Waals surface area contributed by atoms with Crippen molar-refractivity contribution in [2.75, 3.05) is 13.2 Å². The first-order valence-electron chi connectivity index (χ1n) is 6.27. The van der Waals surface area contributed by atoms with Gasteiger partial charge in [-0.1, -0.05) is 0 Å². The molecule has 5 nitrogen and oxygen atoms in total. The molecule has 0 amide bonds. The number of ether oxygens (including phenoxy) is 1. The molecule has 1 aromatic carbocycles. The molecule has 18 heavy (non-hydrogen) atoms. The van der Waals surface area contributed by atoms with Gasteiger partial charge in [-0.15, -0.1) is 0 Å². The highest BCUT2D eigenvalue weighted by atomic mass is 16.6. The molecule has 5 heteroatoms. The van der Waals surface area contributed by atoms with Crippen LogP contribution < -0.4 is 10.1 Å². The average molecular weight is 250 g/mol. The van der Waals surface area contributed by atoms with Crippen LogP contribution in [-0.4, -0.2) is 24.1 Å². The van der Waals surface area contributed by atoms with Crippen LogP contribution in [0.15, 0.2) is 24.3 Å². The summed E-state index contributed by atoms with van der Waals surface area (Å²) in [7, 11) is 0. The Morgan fingerprint density at radius 3 is 2.67 bits per heavy atom. The molecule has 0 spiro atoms. The van der Waals surface area contributed by atoms with Crippen molar-refractivity contribution in [2.24, 2.45) is 5.92 Å². The van der Waals surface area contributed by atoms with Crippen molar-refractivity contribution in [1.29, 1.82) is 0 Å². The Labute approximate surface area is 106 Å². The van der Waals surface area contributed by atoms with Gasteiger partial charge in [0.25, 0.3) is 5.69 Å². The Balaban J connectivity index is 1.67. The molecule has 1 N–H and O–H groups in total. The van der Waals surface area contributed by atoms with E-state index in [0.717, 1.165) is 12.5 Å². The van der Waals surface area contributed by atoms with E-state index in [2.05, 4.69) is 12.2 Å². The SMILES string of the molecule is CC(NCCOc1ccc([N+](=O)[O-])cc1)C1CC1. The molecule has 1 aliphatic rings. The van der Waals surface area contributed by atoms with Crippen LogP contribution in [0.3, 0.4) is 0 Å². The number of benzene rings is 1. The van der Waals surface area contributed by atoms with Gasteiger partial charge in [0.2, 0.25) is 0 Å². The molecule has 0 aromatic heterocycles. The minimum atomic E-state index is -0.414. The second-order valence-electron chi connectivity index (χ2n) is 4.68. The van der Waals surface area contributed by atoms with Crippen molar-refractivity contribution in [3.8, 4) is 5.75 Å². The summed E-state index contributed by atoms with van der Waals surface area (Å²) in [6.45, 7) is 3.58. The normalized spacial score (nSPS) is 16.3. The minimum Gasteiger partial charge on any atom is -0.492 e. The lowest BCUT2D eigenvalue weighted by atomic mass is 10.2. The van der Waals surface area contributed by atoms with E-state index in [1.807, 2.05) is 0 Å². The second-order valence-corrected chi connectivity index (χ2v) is 4.68. The fourth-order valence-corrected chi connectivity index (χ4v) is 1.88. The van der Waals surface area contributed by atoms with Crippen LogP contribution in [-0.2, 0) is 0 Å². The van der Waals surface area contributed by atoms with Crippen molar-refractivity contribution >= 4 is 5.69 Å². The van der Waals surface area contributed by atoms with Crippen molar-refractivity contribution in [3.05, 3.63) is 34.4 Å². The number of hydrogen-bond acceptors (Lipinski definition) is 4. The Hall–Kier alpha value is -1.62. The van der Waals surface area contributed by atoms with Crippen LogP contribution in [0.5, 0.6) is 5.75 Å². The van der Waals surface area contributed by atoms with E-state index in [1.165, 1.54) is 25.0 Å². The van der Waals surface area contributed by atoms with E-state index < -0.39 is 4.92 Å². The number of nitro benzene ring substituents is 1. The number of nitrogens with one attached hydrogen (secondary N) is 1. The van der Waals surface area contributed by atoms with Gasteiger partial charge in [0.05, 0.1) is 4.92 Å². The molecule has 98 valence electrons. The number of non-ortho nitro benzene ring substituents is 1. The van der Waals surface area contributed by atoms with Gasteiger partial charge in [-0.3, -0.25) is 10.1 Å². The third-order valence-corrected chi connectivity index (χ3v) is 3.21. The van der Waals surface area contributed by atoms with E-state index in [4.69, 9.17) is 4.74 Å². The predicted octanol–water partition coefficient (Wildman–Crippen LogP) is 2.36. The van der Waals surface area contributed by atoms with Crippen LogP contribution in [0, 0.1) is 16.0 Å². The fourth-order valence-electron chi connectivity index (χ4n) is 1.88. The summed E-state index contributed by atoms with van der Waals surface area (Å²) in [5.41, 5.74) is 0.0860.